The quantitative estimate of drug-likeness (QED) is 0.828. The maximum Gasteiger partial charge on any atom is 0.113 e. The summed E-state index contributed by atoms with van der Waals surface area (Å²) in [6, 6.07) is 5.87. The van der Waals surface area contributed by atoms with Crippen molar-refractivity contribution in [1.29, 1.82) is 0 Å². The molecule has 2 aromatic rings. The molecule has 2 aromatic heterocycles. The Balaban J connectivity index is 2.02. The number of aryl methyl sites for hydroxylation is 1. The topological polar surface area (TPSA) is 46.3 Å². The third-order valence-electron chi connectivity index (χ3n) is 2.27. The van der Waals surface area contributed by atoms with Crippen molar-refractivity contribution in [2.24, 2.45) is 0 Å². The molecule has 1 N–H and O–H groups in total. The molecule has 16 heavy (non-hydrogen) atoms. The largest absolute Gasteiger partial charge is 0.468 e. The maximum absolute atomic E-state index is 9.01. The normalized spacial score (nSPS) is 10.6. The molecule has 0 aromatic carbocycles. The maximum atomic E-state index is 9.01. The number of aliphatic hydroxyl groups is 1. The van der Waals surface area contributed by atoms with Crippen molar-refractivity contribution in [3.8, 4) is 0 Å². The summed E-state index contributed by atoms with van der Waals surface area (Å²) >= 11 is 1.67. The number of hydrogen-bond donors (Lipinski definition) is 1. The Labute approximate surface area is 98.5 Å². The molecular formula is C12H13NO2S. The number of rotatable bonds is 4. The second-order valence-electron chi connectivity index (χ2n) is 3.46. The molecule has 4 heteroatoms. The van der Waals surface area contributed by atoms with Crippen molar-refractivity contribution < 1.29 is 9.52 Å². The Hall–Kier alpha value is -1.26. The van der Waals surface area contributed by atoms with Crippen LogP contribution in [0.4, 0.5) is 0 Å². The molecule has 0 amide bonds. The van der Waals surface area contributed by atoms with Crippen LogP contribution < -0.4 is 0 Å². The van der Waals surface area contributed by atoms with Gasteiger partial charge in [-0.3, -0.25) is 4.98 Å². The predicted octanol–water partition coefficient (Wildman–Crippen LogP) is 2.77. The third-order valence-corrected chi connectivity index (χ3v) is 3.26. The zero-order valence-electron chi connectivity index (χ0n) is 9.01. The molecule has 84 valence electrons. The highest BCUT2D eigenvalue weighted by Crippen LogP contribution is 2.23. The number of aromatic nitrogens is 1. The average molecular weight is 235 g/mol. The van der Waals surface area contributed by atoms with Crippen LogP contribution >= 0.6 is 11.8 Å². The highest BCUT2D eigenvalue weighted by Gasteiger charge is 2.02. The lowest BCUT2D eigenvalue weighted by molar-refractivity contribution is 0.276. The number of hydrogen-bond acceptors (Lipinski definition) is 4. The molecule has 0 bridgehead atoms. The molecule has 0 aliphatic carbocycles. The minimum absolute atomic E-state index is 0.00500. The van der Waals surface area contributed by atoms with Crippen LogP contribution in [0.25, 0.3) is 0 Å². The van der Waals surface area contributed by atoms with E-state index in [4.69, 9.17) is 9.52 Å². The van der Waals surface area contributed by atoms with Gasteiger partial charge in [-0.15, -0.1) is 11.8 Å². The van der Waals surface area contributed by atoms with Crippen LogP contribution in [-0.2, 0) is 12.4 Å². The van der Waals surface area contributed by atoms with Crippen molar-refractivity contribution in [2.45, 2.75) is 24.2 Å². The first kappa shape index (κ1) is 11.2. The summed E-state index contributed by atoms with van der Waals surface area (Å²) < 4.78 is 5.25. The summed E-state index contributed by atoms with van der Waals surface area (Å²) in [4.78, 5) is 5.28. The van der Waals surface area contributed by atoms with Crippen molar-refractivity contribution in [3.05, 3.63) is 47.7 Å². The second kappa shape index (κ2) is 5.18. The number of thioether (sulfide) groups is 1. The van der Waals surface area contributed by atoms with E-state index < -0.39 is 0 Å². The van der Waals surface area contributed by atoms with Gasteiger partial charge in [0.15, 0.2) is 0 Å². The van der Waals surface area contributed by atoms with E-state index in [1.807, 2.05) is 25.1 Å². The van der Waals surface area contributed by atoms with Gasteiger partial charge in [0.05, 0.1) is 24.3 Å². The van der Waals surface area contributed by atoms with Crippen LogP contribution in [-0.4, -0.2) is 10.1 Å². The molecule has 3 nitrogen and oxygen atoms in total. The van der Waals surface area contributed by atoms with Gasteiger partial charge in [-0.1, -0.05) is 0 Å². The lowest BCUT2D eigenvalue weighted by Gasteiger charge is -2.04. The Bertz CT molecular complexity index is 454. The molecule has 2 rings (SSSR count). The van der Waals surface area contributed by atoms with Gasteiger partial charge in [0, 0.05) is 11.1 Å². The Morgan fingerprint density at radius 1 is 1.50 bits per heavy atom. The van der Waals surface area contributed by atoms with Gasteiger partial charge in [-0.05, 0) is 30.7 Å². The molecular weight excluding hydrogens is 222 g/mol. The van der Waals surface area contributed by atoms with Crippen LogP contribution in [0.2, 0.25) is 0 Å². The van der Waals surface area contributed by atoms with E-state index >= 15 is 0 Å². The molecule has 0 unspecified atom stereocenters. The Morgan fingerprint density at radius 2 is 2.38 bits per heavy atom. The molecule has 0 saturated carbocycles. The molecule has 0 atom stereocenters. The summed E-state index contributed by atoms with van der Waals surface area (Å²) in [6.07, 6.45) is 3.46. The fourth-order valence-electron chi connectivity index (χ4n) is 1.37. The Morgan fingerprint density at radius 3 is 3.00 bits per heavy atom. The van der Waals surface area contributed by atoms with E-state index in [0.29, 0.717) is 0 Å². The van der Waals surface area contributed by atoms with Crippen molar-refractivity contribution in [1.82, 2.24) is 4.98 Å². The van der Waals surface area contributed by atoms with Crippen LogP contribution in [0.5, 0.6) is 0 Å². The third kappa shape index (κ3) is 2.65. The fraction of sp³-hybridized carbons (Fsp3) is 0.250. The van der Waals surface area contributed by atoms with Crippen LogP contribution in [0.3, 0.4) is 0 Å². The van der Waals surface area contributed by atoms with Gasteiger partial charge in [-0.2, -0.15) is 0 Å². The first-order valence-electron chi connectivity index (χ1n) is 5.01. The SMILES string of the molecule is Cc1cc(SCc2ccco2)cnc1CO. The number of furan rings is 1. The van der Waals surface area contributed by atoms with E-state index in [2.05, 4.69) is 4.98 Å². The summed E-state index contributed by atoms with van der Waals surface area (Å²) in [5.41, 5.74) is 1.76. The van der Waals surface area contributed by atoms with Gasteiger partial charge in [0.2, 0.25) is 0 Å². The molecule has 0 saturated heterocycles. The zero-order valence-corrected chi connectivity index (χ0v) is 9.83. The minimum Gasteiger partial charge on any atom is -0.468 e. The predicted molar refractivity (Wildman–Crippen MR) is 63.2 cm³/mol. The fourth-order valence-corrected chi connectivity index (χ4v) is 2.23. The van der Waals surface area contributed by atoms with Gasteiger partial charge in [0.1, 0.15) is 5.76 Å². The number of aliphatic hydroxyl groups excluding tert-OH is 1. The zero-order chi connectivity index (χ0) is 11.4. The molecule has 0 fully saturated rings. The summed E-state index contributed by atoms with van der Waals surface area (Å²) in [6.45, 7) is 1.95. The molecule has 0 radical (unpaired) electrons. The van der Waals surface area contributed by atoms with Gasteiger partial charge < -0.3 is 9.52 Å². The first-order valence-corrected chi connectivity index (χ1v) is 5.99. The standard InChI is InChI=1S/C12H13NO2S/c1-9-5-11(6-13-12(9)7-14)16-8-10-3-2-4-15-10/h2-6,14H,7-8H2,1H3. The summed E-state index contributed by atoms with van der Waals surface area (Å²) in [5.74, 6) is 1.75. The van der Waals surface area contributed by atoms with Crippen molar-refractivity contribution >= 4 is 11.8 Å². The van der Waals surface area contributed by atoms with E-state index in [9.17, 15) is 0 Å². The van der Waals surface area contributed by atoms with Crippen molar-refractivity contribution in [3.63, 3.8) is 0 Å². The van der Waals surface area contributed by atoms with Gasteiger partial charge >= 0.3 is 0 Å². The number of nitrogens with zero attached hydrogens (tertiary/aromatic N) is 1. The van der Waals surface area contributed by atoms with Crippen LogP contribution in [0, 0.1) is 6.92 Å². The minimum atomic E-state index is -0.00500. The highest BCUT2D eigenvalue weighted by molar-refractivity contribution is 7.98. The molecule has 0 aliphatic heterocycles. The summed E-state index contributed by atoms with van der Waals surface area (Å²) in [5, 5.41) is 9.01. The van der Waals surface area contributed by atoms with Crippen molar-refractivity contribution in [2.75, 3.05) is 0 Å². The van der Waals surface area contributed by atoms with Crippen LogP contribution in [0.15, 0.2) is 40.0 Å². The smallest absolute Gasteiger partial charge is 0.113 e. The lowest BCUT2D eigenvalue weighted by atomic mass is 10.2. The number of pyridine rings is 1. The first-order chi connectivity index (χ1) is 7.79. The Kier molecular flexibility index (Phi) is 3.64. The van der Waals surface area contributed by atoms with Crippen LogP contribution in [0.1, 0.15) is 17.0 Å². The molecule has 0 spiro atoms. The monoisotopic (exact) mass is 235 g/mol. The summed E-state index contributed by atoms with van der Waals surface area (Å²) in [7, 11) is 0. The van der Waals surface area contributed by atoms with Gasteiger partial charge in [-0.25, -0.2) is 0 Å². The van der Waals surface area contributed by atoms with E-state index in [1.165, 1.54) is 0 Å². The lowest BCUT2D eigenvalue weighted by Crippen LogP contribution is -1.93. The molecule has 0 aliphatic rings. The van der Waals surface area contributed by atoms with E-state index in [1.54, 1.807) is 24.2 Å². The highest BCUT2D eigenvalue weighted by atomic mass is 32.2. The van der Waals surface area contributed by atoms with Gasteiger partial charge in [0.25, 0.3) is 0 Å². The van der Waals surface area contributed by atoms with E-state index in [0.717, 1.165) is 27.7 Å². The second-order valence-corrected chi connectivity index (χ2v) is 4.51. The molecule has 2 heterocycles. The van der Waals surface area contributed by atoms with E-state index in [-0.39, 0.29) is 6.61 Å². The average Bonchev–Trinajstić information content (AvgIpc) is 2.79.